The molecule has 8 heteroatoms. The predicted octanol–water partition coefficient (Wildman–Crippen LogP) is 5.87. The highest BCUT2D eigenvalue weighted by Crippen LogP contribution is 2.41. The molecule has 4 nitrogen and oxygen atoms in total. The van der Waals surface area contributed by atoms with Crippen molar-refractivity contribution in [1.29, 1.82) is 0 Å². The smallest absolute Gasteiger partial charge is 0.424 e. The molecule has 0 saturated heterocycles. The first-order chi connectivity index (χ1) is 16.2. The number of halogens is 4. The minimum atomic E-state index is -4.97. The van der Waals surface area contributed by atoms with Crippen LogP contribution in [0, 0.1) is 5.82 Å². The monoisotopic (exact) mass is 470 g/mol. The third-order valence-electron chi connectivity index (χ3n) is 6.35. The maximum Gasteiger partial charge on any atom is 0.424 e. The molecule has 1 heterocycles. The Labute approximate surface area is 193 Å². The van der Waals surface area contributed by atoms with E-state index in [4.69, 9.17) is 4.74 Å². The summed E-state index contributed by atoms with van der Waals surface area (Å²) in [5.74, 6) is -0.106. The largest absolute Gasteiger partial charge is 0.490 e. The van der Waals surface area contributed by atoms with Crippen LogP contribution in [-0.2, 0) is 18.4 Å². The zero-order chi connectivity index (χ0) is 23.9. The molecule has 0 fully saturated rings. The van der Waals surface area contributed by atoms with Gasteiger partial charge in [-0.2, -0.15) is 18.3 Å². The van der Waals surface area contributed by atoms with Crippen molar-refractivity contribution >= 4 is 10.9 Å². The van der Waals surface area contributed by atoms with E-state index in [1.165, 1.54) is 58.9 Å². The van der Waals surface area contributed by atoms with E-state index >= 15 is 0 Å². The number of hydrogen-bond acceptors (Lipinski definition) is 3. The average molecular weight is 470 g/mol. The number of nitrogens with zero attached hydrogens (tertiary/aromatic N) is 2. The first-order valence-corrected chi connectivity index (χ1v) is 11.0. The minimum Gasteiger partial charge on any atom is -0.490 e. The normalized spacial score (nSPS) is 15.7. The zero-order valence-electron chi connectivity index (χ0n) is 18.1. The molecule has 1 unspecified atom stereocenters. The number of ether oxygens (including phenoxy) is 1. The van der Waals surface area contributed by atoms with Crippen LogP contribution in [0.4, 0.5) is 17.6 Å². The van der Waals surface area contributed by atoms with Gasteiger partial charge in [0.1, 0.15) is 18.2 Å². The molecule has 34 heavy (non-hydrogen) atoms. The number of alkyl halides is 3. The standard InChI is InChI=1S/C26H22F4N2O2/c27-21-7-9-22(10-8-21)32-24-12-6-20(13-19(24)15-31-32)25(33,26(28,29)30)16-34-23-11-5-17-3-1-2-4-18(17)14-23/h5-15,33H,1-4,16H2. The number of aromatic nitrogens is 2. The molecule has 1 aliphatic carbocycles. The molecule has 1 N–H and O–H groups in total. The second-order valence-electron chi connectivity index (χ2n) is 8.59. The summed E-state index contributed by atoms with van der Waals surface area (Å²) in [6, 6.07) is 14.8. The number of aliphatic hydroxyl groups is 1. The molecule has 1 aliphatic rings. The Morgan fingerprint density at radius 3 is 2.38 bits per heavy atom. The summed E-state index contributed by atoms with van der Waals surface area (Å²) < 4.78 is 62.5. The van der Waals surface area contributed by atoms with E-state index in [1.54, 1.807) is 12.1 Å². The van der Waals surface area contributed by atoms with Crippen molar-refractivity contribution in [3.05, 3.63) is 89.4 Å². The van der Waals surface area contributed by atoms with Crippen LogP contribution in [0.1, 0.15) is 29.5 Å². The van der Waals surface area contributed by atoms with Gasteiger partial charge in [-0.05, 0) is 90.9 Å². The number of hydrogen-bond donors (Lipinski definition) is 1. The van der Waals surface area contributed by atoms with E-state index in [0.717, 1.165) is 31.2 Å². The van der Waals surface area contributed by atoms with Crippen molar-refractivity contribution in [2.24, 2.45) is 0 Å². The van der Waals surface area contributed by atoms with Gasteiger partial charge in [0, 0.05) is 5.39 Å². The Bertz CT molecular complexity index is 1330. The molecule has 0 saturated carbocycles. The molecule has 0 spiro atoms. The molecule has 0 radical (unpaired) electrons. The van der Waals surface area contributed by atoms with Gasteiger partial charge in [-0.25, -0.2) is 9.07 Å². The third-order valence-corrected chi connectivity index (χ3v) is 6.35. The Balaban J connectivity index is 1.45. The molecule has 0 amide bonds. The van der Waals surface area contributed by atoms with Gasteiger partial charge in [0.25, 0.3) is 0 Å². The Morgan fingerprint density at radius 1 is 0.912 bits per heavy atom. The maximum atomic E-state index is 14.1. The quantitative estimate of drug-likeness (QED) is 0.371. The maximum absolute atomic E-state index is 14.1. The molecule has 1 aromatic heterocycles. The molecule has 176 valence electrons. The van der Waals surface area contributed by atoms with Gasteiger partial charge in [0.05, 0.1) is 17.4 Å². The highest BCUT2D eigenvalue weighted by molar-refractivity contribution is 5.81. The van der Waals surface area contributed by atoms with E-state index in [1.807, 2.05) is 6.07 Å². The number of fused-ring (bicyclic) bond motifs is 2. The molecular weight excluding hydrogens is 448 g/mol. The van der Waals surface area contributed by atoms with Crippen molar-refractivity contribution in [1.82, 2.24) is 9.78 Å². The van der Waals surface area contributed by atoms with Crippen LogP contribution >= 0.6 is 0 Å². The molecule has 0 aliphatic heterocycles. The molecule has 5 rings (SSSR count). The summed E-state index contributed by atoms with van der Waals surface area (Å²) in [5, 5.41) is 15.4. The fourth-order valence-electron chi connectivity index (χ4n) is 4.39. The molecular formula is C26H22F4N2O2. The SMILES string of the molecule is OC(COc1ccc2c(c1)CCCC2)(c1ccc2c(cnn2-c2ccc(F)cc2)c1)C(F)(F)F. The molecule has 1 atom stereocenters. The van der Waals surface area contributed by atoms with Gasteiger partial charge in [0.2, 0.25) is 5.60 Å². The van der Waals surface area contributed by atoms with E-state index in [9.17, 15) is 22.7 Å². The average Bonchev–Trinajstić information content (AvgIpc) is 3.25. The summed E-state index contributed by atoms with van der Waals surface area (Å²) in [5.41, 5.74) is -0.206. The fourth-order valence-corrected chi connectivity index (χ4v) is 4.39. The lowest BCUT2D eigenvalue weighted by atomic mass is 9.91. The lowest BCUT2D eigenvalue weighted by Gasteiger charge is -2.31. The van der Waals surface area contributed by atoms with Gasteiger partial charge in [0.15, 0.2) is 0 Å². The summed E-state index contributed by atoms with van der Waals surface area (Å²) in [7, 11) is 0. The van der Waals surface area contributed by atoms with Crippen LogP contribution in [-0.4, -0.2) is 27.7 Å². The predicted molar refractivity (Wildman–Crippen MR) is 120 cm³/mol. The fraction of sp³-hybridized carbons (Fsp3) is 0.269. The second-order valence-corrected chi connectivity index (χ2v) is 8.59. The van der Waals surface area contributed by atoms with Gasteiger partial charge in [-0.15, -0.1) is 0 Å². The van der Waals surface area contributed by atoms with Crippen molar-refractivity contribution in [2.45, 2.75) is 37.5 Å². The summed E-state index contributed by atoms with van der Waals surface area (Å²) in [4.78, 5) is 0. The summed E-state index contributed by atoms with van der Waals surface area (Å²) in [6.45, 7) is -0.979. The molecule has 0 bridgehead atoms. The van der Waals surface area contributed by atoms with Gasteiger partial charge in [-0.1, -0.05) is 12.1 Å². The van der Waals surface area contributed by atoms with E-state index in [0.29, 0.717) is 22.3 Å². The first-order valence-electron chi connectivity index (χ1n) is 11.0. The van der Waals surface area contributed by atoms with Crippen LogP contribution in [0.5, 0.6) is 5.75 Å². The van der Waals surface area contributed by atoms with Crippen LogP contribution in [0.3, 0.4) is 0 Å². The van der Waals surface area contributed by atoms with Gasteiger partial charge < -0.3 is 9.84 Å². The second kappa shape index (κ2) is 8.43. The number of benzene rings is 3. The summed E-state index contributed by atoms with van der Waals surface area (Å²) in [6.07, 6.45) is 0.388. The van der Waals surface area contributed by atoms with Gasteiger partial charge in [-0.3, -0.25) is 0 Å². The Hall–Kier alpha value is -3.39. The molecule has 4 aromatic rings. The highest BCUT2D eigenvalue weighted by atomic mass is 19.4. The molecule has 3 aromatic carbocycles. The lowest BCUT2D eigenvalue weighted by molar-refractivity contribution is -0.275. The van der Waals surface area contributed by atoms with Crippen LogP contribution in [0.15, 0.2) is 66.9 Å². The van der Waals surface area contributed by atoms with Crippen LogP contribution in [0.2, 0.25) is 0 Å². The van der Waals surface area contributed by atoms with Crippen LogP contribution < -0.4 is 4.74 Å². The highest BCUT2D eigenvalue weighted by Gasteiger charge is 2.56. The Morgan fingerprint density at radius 2 is 1.65 bits per heavy atom. The minimum absolute atomic E-state index is 0.300. The van der Waals surface area contributed by atoms with E-state index < -0.39 is 24.2 Å². The van der Waals surface area contributed by atoms with Crippen molar-refractivity contribution in [3.63, 3.8) is 0 Å². The Kier molecular flexibility index (Phi) is 5.56. The van der Waals surface area contributed by atoms with E-state index in [2.05, 4.69) is 5.10 Å². The zero-order valence-corrected chi connectivity index (χ0v) is 18.1. The lowest BCUT2D eigenvalue weighted by Crippen LogP contribution is -2.47. The van der Waals surface area contributed by atoms with Gasteiger partial charge >= 0.3 is 6.18 Å². The van der Waals surface area contributed by atoms with Crippen LogP contribution in [0.25, 0.3) is 16.6 Å². The van der Waals surface area contributed by atoms with Crippen molar-refractivity contribution < 1.29 is 27.4 Å². The first kappa shape index (κ1) is 22.4. The topological polar surface area (TPSA) is 47.3 Å². The number of aryl methyl sites for hydroxylation is 2. The van der Waals surface area contributed by atoms with Crippen molar-refractivity contribution in [3.8, 4) is 11.4 Å². The summed E-state index contributed by atoms with van der Waals surface area (Å²) >= 11 is 0. The number of rotatable bonds is 5. The third kappa shape index (κ3) is 4.03. The van der Waals surface area contributed by atoms with Crippen molar-refractivity contribution in [2.75, 3.05) is 6.61 Å². The van der Waals surface area contributed by atoms with E-state index in [-0.39, 0.29) is 5.56 Å².